The minimum Gasteiger partial charge on any atom is -0.338 e. The third-order valence-electron chi connectivity index (χ3n) is 1.96. The predicted octanol–water partition coefficient (Wildman–Crippen LogP) is 2.59. The number of rotatable bonds is 0. The molecule has 64 valence electrons. The quantitative estimate of drug-likeness (QED) is 0.585. The lowest BCUT2D eigenvalue weighted by Crippen LogP contribution is -2.08. The molecule has 0 fully saturated rings. The van der Waals surface area contributed by atoms with Gasteiger partial charge in [0.1, 0.15) is 0 Å². The first kappa shape index (κ1) is 8.21. The molecule has 0 spiro atoms. The van der Waals surface area contributed by atoms with E-state index in [4.69, 9.17) is 5.26 Å². The molecule has 13 heavy (non-hydrogen) atoms. The number of anilines is 1. The maximum atomic E-state index is 8.56. The van der Waals surface area contributed by atoms with Gasteiger partial charge in [0, 0.05) is 18.0 Å². The summed E-state index contributed by atoms with van der Waals surface area (Å²) in [4.78, 5) is 3.25. The van der Waals surface area contributed by atoms with Crippen LogP contribution in [0.3, 0.4) is 0 Å². The van der Waals surface area contributed by atoms with Crippen molar-refractivity contribution in [3.63, 3.8) is 0 Å². The molecule has 1 heterocycles. The molecule has 3 heteroatoms. The van der Waals surface area contributed by atoms with Crippen LogP contribution in [0.5, 0.6) is 0 Å². The van der Waals surface area contributed by atoms with Gasteiger partial charge in [0.05, 0.1) is 16.8 Å². The first-order chi connectivity index (χ1) is 6.33. The summed E-state index contributed by atoms with van der Waals surface area (Å²) in [7, 11) is 1.97. The number of para-hydroxylation sites is 1. The Labute approximate surface area is 81.5 Å². The van der Waals surface area contributed by atoms with Gasteiger partial charge in [0.15, 0.2) is 0 Å². The molecule has 0 N–H and O–H groups in total. The Morgan fingerprint density at radius 2 is 2.23 bits per heavy atom. The fourth-order valence-electron chi connectivity index (χ4n) is 1.30. The summed E-state index contributed by atoms with van der Waals surface area (Å²) in [6.07, 6.45) is 1.57. The molecule has 0 saturated heterocycles. The summed E-state index contributed by atoms with van der Waals surface area (Å²) in [5.41, 5.74) is 1.18. The van der Waals surface area contributed by atoms with Crippen molar-refractivity contribution in [2.75, 3.05) is 11.9 Å². The lowest BCUT2D eigenvalue weighted by Gasteiger charge is -2.11. The number of allylic oxidation sites excluding steroid dienone is 1. The van der Waals surface area contributed by atoms with Crippen LogP contribution in [0.2, 0.25) is 0 Å². The smallest absolute Gasteiger partial charge is 0.0939 e. The van der Waals surface area contributed by atoms with Gasteiger partial charge in [0.2, 0.25) is 0 Å². The van der Waals surface area contributed by atoms with Crippen LogP contribution in [0, 0.1) is 11.3 Å². The number of benzene rings is 1. The summed E-state index contributed by atoms with van der Waals surface area (Å²) in [5.74, 6) is 0. The van der Waals surface area contributed by atoms with E-state index in [1.54, 1.807) is 17.8 Å². The largest absolute Gasteiger partial charge is 0.338 e. The van der Waals surface area contributed by atoms with E-state index in [0.717, 1.165) is 5.03 Å². The molecular weight excluding hydrogens is 180 g/mol. The van der Waals surface area contributed by atoms with E-state index >= 15 is 0 Å². The van der Waals surface area contributed by atoms with E-state index in [9.17, 15) is 0 Å². The molecule has 0 amide bonds. The summed E-state index contributed by atoms with van der Waals surface area (Å²) < 4.78 is 0. The van der Waals surface area contributed by atoms with Crippen molar-refractivity contribution < 1.29 is 0 Å². The first-order valence-electron chi connectivity index (χ1n) is 3.93. The Hall–Kier alpha value is -1.40. The second-order valence-electron chi connectivity index (χ2n) is 2.74. The fraction of sp³-hybridized carbons (Fsp3) is 0.100. The average molecular weight is 188 g/mol. The minimum atomic E-state index is 0.990. The van der Waals surface area contributed by atoms with Crippen molar-refractivity contribution in [1.82, 2.24) is 0 Å². The van der Waals surface area contributed by atoms with E-state index in [0.29, 0.717) is 0 Å². The van der Waals surface area contributed by atoms with E-state index in [-0.39, 0.29) is 0 Å². The molecule has 2 nitrogen and oxygen atoms in total. The van der Waals surface area contributed by atoms with Gasteiger partial charge >= 0.3 is 0 Å². The number of nitriles is 1. The second kappa shape index (κ2) is 3.15. The van der Waals surface area contributed by atoms with Crippen molar-refractivity contribution >= 4 is 17.4 Å². The number of nitrogens with zero attached hydrogens (tertiary/aromatic N) is 2. The Morgan fingerprint density at radius 1 is 1.46 bits per heavy atom. The monoisotopic (exact) mass is 188 g/mol. The highest BCUT2D eigenvalue weighted by atomic mass is 32.2. The minimum absolute atomic E-state index is 0.990. The fourth-order valence-corrected chi connectivity index (χ4v) is 2.33. The van der Waals surface area contributed by atoms with Crippen molar-refractivity contribution in [1.29, 1.82) is 5.26 Å². The zero-order valence-corrected chi connectivity index (χ0v) is 8.01. The van der Waals surface area contributed by atoms with Crippen molar-refractivity contribution in [3.05, 3.63) is 35.4 Å². The zero-order valence-electron chi connectivity index (χ0n) is 7.19. The standard InChI is InChI=1S/C10H8N2S/c1-12-8-4-2-3-5-9(8)13-10(12)6-7-11/h2-6H,1H3/b10-6-. The molecule has 1 aliphatic rings. The third kappa shape index (κ3) is 1.30. The molecule has 0 atom stereocenters. The molecule has 0 aromatic heterocycles. The number of hydrogen-bond donors (Lipinski definition) is 0. The average Bonchev–Trinajstić information content (AvgIpc) is 2.46. The van der Waals surface area contributed by atoms with Crippen molar-refractivity contribution in [2.24, 2.45) is 0 Å². The second-order valence-corrected chi connectivity index (χ2v) is 3.80. The van der Waals surface area contributed by atoms with E-state index in [1.807, 2.05) is 24.1 Å². The molecular formula is C10H8N2S. The molecule has 1 aromatic carbocycles. The predicted molar refractivity (Wildman–Crippen MR) is 54.4 cm³/mol. The van der Waals surface area contributed by atoms with E-state index in [2.05, 4.69) is 18.2 Å². The van der Waals surface area contributed by atoms with Crippen LogP contribution in [-0.2, 0) is 0 Å². The molecule has 0 bridgehead atoms. The van der Waals surface area contributed by atoms with Crippen molar-refractivity contribution in [2.45, 2.75) is 4.90 Å². The van der Waals surface area contributed by atoms with E-state index < -0.39 is 0 Å². The topological polar surface area (TPSA) is 27.0 Å². The molecule has 1 aliphatic heterocycles. The summed E-state index contributed by atoms with van der Waals surface area (Å²) in [5, 5.41) is 9.55. The summed E-state index contributed by atoms with van der Waals surface area (Å²) in [6.45, 7) is 0. The van der Waals surface area contributed by atoms with Gasteiger partial charge in [0.25, 0.3) is 0 Å². The molecule has 0 unspecified atom stereocenters. The van der Waals surface area contributed by atoms with Crippen LogP contribution >= 0.6 is 11.8 Å². The third-order valence-corrected chi connectivity index (χ3v) is 3.13. The normalized spacial score (nSPS) is 17.2. The highest BCUT2D eigenvalue weighted by molar-refractivity contribution is 8.03. The highest BCUT2D eigenvalue weighted by Gasteiger charge is 2.20. The van der Waals surface area contributed by atoms with Crippen molar-refractivity contribution in [3.8, 4) is 6.07 Å². The van der Waals surface area contributed by atoms with Gasteiger partial charge in [-0.1, -0.05) is 23.9 Å². The van der Waals surface area contributed by atoms with Crippen LogP contribution in [0.1, 0.15) is 0 Å². The maximum Gasteiger partial charge on any atom is 0.0939 e. The van der Waals surface area contributed by atoms with Gasteiger partial charge in [-0.05, 0) is 12.1 Å². The summed E-state index contributed by atoms with van der Waals surface area (Å²) in [6, 6.07) is 10.2. The Morgan fingerprint density at radius 3 is 2.92 bits per heavy atom. The Balaban J connectivity index is 2.45. The highest BCUT2D eigenvalue weighted by Crippen LogP contribution is 2.44. The SMILES string of the molecule is CN1/C(=C/C#N)Sc2ccccc21. The van der Waals surface area contributed by atoms with Gasteiger partial charge in [-0.25, -0.2) is 0 Å². The first-order valence-corrected chi connectivity index (χ1v) is 4.75. The lowest BCUT2D eigenvalue weighted by atomic mass is 10.3. The van der Waals surface area contributed by atoms with Crippen LogP contribution < -0.4 is 4.90 Å². The molecule has 0 radical (unpaired) electrons. The van der Waals surface area contributed by atoms with Gasteiger partial charge in [-0.15, -0.1) is 0 Å². The summed E-state index contributed by atoms with van der Waals surface area (Å²) >= 11 is 1.63. The van der Waals surface area contributed by atoms with Gasteiger partial charge < -0.3 is 4.90 Å². The van der Waals surface area contributed by atoms with Crippen LogP contribution in [-0.4, -0.2) is 7.05 Å². The molecule has 0 saturated carbocycles. The van der Waals surface area contributed by atoms with E-state index in [1.165, 1.54) is 10.6 Å². The zero-order chi connectivity index (χ0) is 9.26. The van der Waals surface area contributed by atoms with Crippen LogP contribution in [0.25, 0.3) is 0 Å². The number of thioether (sulfide) groups is 1. The maximum absolute atomic E-state index is 8.56. The lowest BCUT2D eigenvalue weighted by molar-refractivity contribution is 1.17. The Bertz CT molecular complexity index is 404. The Kier molecular flexibility index (Phi) is 1.99. The van der Waals surface area contributed by atoms with Gasteiger partial charge in [-0.3, -0.25) is 0 Å². The van der Waals surface area contributed by atoms with Gasteiger partial charge in [-0.2, -0.15) is 5.26 Å². The van der Waals surface area contributed by atoms with Crippen LogP contribution in [0.4, 0.5) is 5.69 Å². The van der Waals surface area contributed by atoms with Crippen LogP contribution in [0.15, 0.2) is 40.3 Å². The molecule has 1 aromatic rings. The number of hydrogen-bond acceptors (Lipinski definition) is 3. The number of fused-ring (bicyclic) bond motifs is 1. The molecule has 0 aliphatic carbocycles. The molecule has 2 rings (SSSR count).